The number of rotatable bonds is 7. The predicted octanol–water partition coefficient (Wildman–Crippen LogP) is 12.6. The molecule has 0 atom stereocenters. The molecule has 0 aliphatic heterocycles. The molecule has 0 spiro atoms. The van der Waals surface area contributed by atoms with Crippen molar-refractivity contribution in [3.8, 4) is 39.8 Å². The maximum Gasteiger partial charge on any atom is 2.00 e. The summed E-state index contributed by atoms with van der Waals surface area (Å²) >= 11 is 0. The Kier molecular flexibility index (Phi) is 9.18. The van der Waals surface area contributed by atoms with Gasteiger partial charge in [-0.05, 0) is 66.6 Å². The molecule has 0 unspecified atom stereocenters. The second-order valence-corrected chi connectivity index (χ2v) is 14.9. The molecule has 6 aromatic carbocycles. The second-order valence-electron chi connectivity index (χ2n) is 14.9. The normalized spacial score (nSPS) is 11.6. The van der Waals surface area contributed by atoms with Gasteiger partial charge in [-0.15, -0.1) is 35.7 Å². The van der Waals surface area contributed by atoms with Gasteiger partial charge in [0, 0.05) is 45.6 Å². The molecule has 10 rings (SSSR count). The van der Waals surface area contributed by atoms with Crippen LogP contribution in [0.25, 0.3) is 71.9 Å². The largest absolute Gasteiger partial charge is 2.00 e. The molecule has 280 valence electrons. The summed E-state index contributed by atoms with van der Waals surface area (Å²) in [4.78, 5) is 4.98. The molecule has 0 amide bonds. The minimum atomic E-state index is 0. The monoisotopic (exact) mass is 920 g/mol. The first-order chi connectivity index (χ1) is 27.4. The topological polar surface area (TPSA) is 49.8 Å². The quantitative estimate of drug-likeness (QED) is 0.150. The number of pyridine rings is 1. The Bertz CT molecular complexity index is 3070. The van der Waals surface area contributed by atoms with Crippen LogP contribution in [-0.4, -0.2) is 23.9 Å². The first kappa shape index (κ1) is 36.4. The number of ether oxygens (including phenoxy) is 1. The van der Waals surface area contributed by atoms with Gasteiger partial charge < -0.3 is 13.9 Å². The van der Waals surface area contributed by atoms with Crippen molar-refractivity contribution in [2.45, 2.75) is 40.5 Å². The third-order valence-electron chi connectivity index (χ3n) is 10.9. The average Bonchev–Trinajstić information content (AvgIpc) is 3.87. The molecule has 0 N–H and O–H groups in total. The molecule has 10 aromatic rings. The fraction of sp³-hybridized carbons (Fsp3) is 0.120. The van der Waals surface area contributed by atoms with E-state index in [-0.39, 0.29) is 27.0 Å². The fourth-order valence-electron chi connectivity index (χ4n) is 8.52. The molecule has 0 aliphatic rings. The maximum atomic E-state index is 6.57. The van der Waals surface area contributed by atoms with E-state index in [1.54, 1.807) is 0 Å². The number of hydrogen-bond donors (Lipinski definition) is 0. The molecule has 0 fully saturated rings. The summed E-state index contributed by atoms with van der Waals surface area (Å²) in [5, 5.41) is 9.70. The van der Waals surface area contributed by atoms with Gasteiger partial charge in [-0.3, -0.25) is 4.68 Å². The van der Waals surface area contributed by atoms with Crippen molar-refractivity contribution in [1.82, 2.24) is 23.9 Å². The summed E-state index contributed by atoms with van der Waals surface area (Å²) in [6, 6.07) is 53.5. The Balaban J connectivity index is 0.00000422. The molecule has 0 radical (unpaired) electrons. The molecule has 4 aromatic heterocycles. The number of benzene rings is 6. The molecular formula is C50H39N5OPt. The summed E-state index contributed by atoms with van der Waals surface area (Å²) in [5.41, 5.74) is 13.1. The number of aryl methyl sites for hydroxylation is 3. The number of hydrogen-bond acceptors (Lipinski definition) is 3. The number of para-hydroxylation sites is 3. The van der Waals surface area contributed by atoms with Gasteiger partial charge in [-0.1, -0.05) is 104 Å². The SMILES string of the molecule is Cc1nn(-c2[c-]c(Oc3[c-]c4c(cc3)c3ccccc3n4-c3cc(-n4c5c(C)cccc5c5cccc(C)c54)ccn3)ccc2)c(C(C)C)c1-c1ccccc1.[Pt+2]. The van der Waals surface area contributed by atoms with Crippen molar-refractivity contribution in [3.05, 3.63) is 174 Å². The van der Waals surface area contributed by atoms with Crippen LogP contribution in [0, 0.1) is 32.9 Å². The predicted molar refractivity (Wildman–Crippen MR) is 228 cm³/mol. The maximum absolute atomic E-state index is 6.57. The first-order valence-electron chi connectivity index (χ1n) is 19.1. The van der Waals surface area contributed by atoms with Crippen molar-refractivity contribution >= 4 is 43.6 Å². The third-order valence-corrected chi connectivity index (χ3v) is 10.9. The van der Waals surface area contributed by atoms with E-state index in [9.17, 15) is 0 Å². The number of nitrogens with zero attached hydrogens (tertiary/aromatic N) is 5. The van der Waals surface area contributed by atoms with Gasteiger partial charge in [0.1, 0.15) is 5.82 Å². The molecule has 0 bridgehead atoms. The Labute approximate surface area is 346 Å². The zero-order valence-corrected chi connectivity index (χ0v) is 34.6. The van der Waals surface area contributed by atoms with Gasteiger partial charge in [0.2, 0.25) is 0 Å². The van der Waals surface area contributed by atoms with E-state index < -0.39 is 0 Å². The molecule has 6 nitrogen and oxygen atoms in total. The van der Waals surface area contributed by atoms with Gasteiger partial charge >= 0.3 is 21.1 Å². The zero-order chi connectivity index (χ0) is 38.1. The smallest absolute Gasteiger partial charge is 0.509 e. The first-order valence-corrected chi connectivity index (χ1v) is 19.1. The summed E-state index contributed by atoms with van der Waals surface area (Å²) in [5.74, 6) is 2.21. The van der Waals surface area contributed by atoms with Crippen LogP contribution in [-0.2, 0) is 21.1 Å². The summed E-state index contributed by atoms with van der Waals surface area (Å²) in [7, 11) is 0. The Morgan fingerprint density at radius 2 is 1.28 bits per heavy atom. The minimum absolute atomic E-state index is 0. The fourth-order valence-corrected chi connectivity index (χ4v) is 8.52. The van der Waals surface area contributed by atoms with Gasteiger partial charge in [-0.2, -0.15) is 17.2 Å². The van der Waals surface area contributed by atoms with E-state index in [2.05, 4.69) is 159 Å². The van der Waals surface area contributed by atoms with Crippen LogP contribution in [0.4, 0.5) is 0 Å². The van der Waals surface area contributed by atoms with Crippen molar-refractivity contribution in [2.75, 3.05) is 0 Å². The molecule has 0 aliphatic carbocycles. The third kappa shape index (κ3) is 5.98. The van der Waals surface area contributed by atoms with Crippen LogP contribution in [0.1, 0.15) is 42.3 Å². The van der Waals surface area contributed by atoms with Crippen molar-refractivity contribution in [2.24, 2.45) is 0 Å². The van der Waals surface area contributed by atoms with Crippen LogP contribution in [0.15, 0.2) is 140 Å². The molecule has 0 saturated heterocycles. The molecular weight excluding hydrogens is 882 g/mol. The van der Waals surface area contributed by atoms with Gasteiger partial charge in [0.25, 0.3) is 0 Å². The van der Waals surface area contributed by atoms with Crippen LogP contribution in [0.5, 0.6) is 11.5 Å². The molecule has 0 saturated carbocycles. The average molecular weight is 921 g/mol. The van der Waals surface area contributed by atoms with Crippen molar-refractivity contribution in [1.29, 1.82) is 0 Å². The molecule has 57 heavy (non-hydrogen) atoms. The van der Waals surface area contributed by atoms with E-state index in [0.717, 1.165) is 61.5 Å². The van der Waals surface area contributed by atoms with Crippen LogP contribution in [0.2, 0.25) is 0 Å². The summed E-state index contributed by atoms with van der Waals surface area (Å²) in [6.45, 7) is 10.9. The van der Waals surface area contributed by atoms with Crippen molar-refractivity contribution in [3.63, 3.8) is 0 Å². The standard InChI is InChI=1S/C50H39N5O.Pt/c1-31(2)48-47(35-16-7-6-8-17-35)34(5)52-55(48)37-18-13-19-38(28-37)56-39-24-25-41-40-20-9-10-23-44(40)54(45(41)30-39)46-29-36(26-27-51-46)53-49-32(3)14-11-21-42(49)43-22-12-15-33(4)50(43)53;/h6-27,29,31H,1-5H3;/q-2;+2. The zero-order valence-electron chi connectivity index (χ0n) is 32.3. The van der Waals surface area contributed by atoms with E-state index in [1.807, 2.05) is 41.2 Å². The van der Waals surface area contributed by atoms with Crippen LogP contribution in [0.3, 0.4) is 0 Å². The minimum Gasteiger partial charge on any atom is -0.509 e. The van der Waals surface area contributed by atoms with E-state index >= 15 is 0 Å². The van der Waals surface area contributed by atoms with Gasteiger partial charge in [-0.25, -0.2) is 4.98 Å². The number of fused-ring (bicyclic) bond motifs is 6. The molecule has 7 heteroatoms. The summed E-state index contributed by atoms with van der Waals surface area (Å²) in [6.07, 6.45) is 1.91. The number of aromatic nitrogens is 5. The molecule has 4 heterocycles. The summed E-state index contributed by atoms with van der Waals surface area (Å²) < 4.78 is 13.2. The van der Waals surface area contributed by atoms with Crippen LogP contribution < -0.4 is 4.74 Å². The van der Waals surface area contributed by atoms with E-state index in [0.29, 0.717) is 11.5 Å². The Morgan fingerprint density at radius 3 is 2.02 bits per heavy atom. The van der Waals surface area contributed by atoms with Gasteiger partial charge in [0.15, 0.2) is 0 Å². The van der Waals surface area contributed by atoms with Gasteiger partial charge in [0.05, 0.1) is 28.1 Å². The second kappa shape index (κ2) is 14.4. The Morgan fingerprint density at radius 1 is 0.614 bits per heavy atom. The van der Waals surface area contributed by atoms with Crippen molar-refractivity contribution < 1.29 is 25.8 Å². The van der Waals surface area contributed by atoms with E-state index in [1.165, 1.54) is 32.9 Å². The Hall–Kier alpha value is -6.23. The van der Waals surface area contributed by atoms with Crippen LogP contribution >= 0.6 is 0 Å². The van der Waals surface area contributed by atoms with E-state index in [4.69, 9.17) is 14.8 Å².